The number of hydrogen-bond donors (Lipinski definition) is 2. The van der Waals surface area contributed by atoms with Crippen LogP contribution in [0.5, 0.6) is 0 Å². The molecule has 3 N–H and O–H groups in total. The maximum atomic E-state index is 11.2. The maximum absolute atomic E-state index is 11.2. The van der Waals surface area contributed by atoms with Gasteiger partial charge in [0.2, 0.25) is 5.91 Å². The normalized spacial score (nSPS) is 31.0. The fraction of sp³-hybridized carbons (Fsp3) is 0.889. The van der Waals surface area contributed by atoms with Gasteiger partial charge in [0, 0.05) is 10.9 Å². The van der Waals surface area contributed by atoms with Gasteiger partial charge < -0.3 is 11.1 Å². The van der Waals surface area contributed by atoms with Gasteiger partial charge in [-0.1, -0.05) is 15.9 Å². The quantitative estimate of drug-likeness (QED) is 0.721. The number of alkyl halides is 1. The number of rotatable bonds is 2. The number of halogens is 1. The molecule has 3 nitrogen and oxygen atoms in total. The monoisotopic (exact) mass is 248 g/mol. The zero-order chi connectivity index (χ0) is 9.84. The van der Waals surface area contributed by atoms with Gasteiger partial charge in [-0.15, -0.1) is 0 Å². The lowest BCUT2D eigenvalue weighted by molar-refractivity contribution is -0.122. The van der Waals surface area contributed by atoms with E-state index >= 15 is 0 Å². The summed E-state index contributed by atoms with van der Waals surface area (Å²) >= 11 is 3.57. The molecule has 0 heterocycles. The predicted octanol–water partition coefficient (Wildman–Crippen LogP) is 1.16. The van der Waals surface area contributed by atoms with Crippen molar-refractivity contribution < 1.29 is 4.79 Å². The van der Waals surface area contributed by atoms with Crippen molar-refractivity contribution in [2.75, 3.05) is 0 Å². The molecule has 1 unspecified atom stereocenters. The van der Waals surface area contributed by atoms with E-state index in [1.807, 2.05) is 0 Å². The molecule has 1 fully saturated rings. The Hall–Kier alpha value is -0.0900. The average Bonchev–Trinajstić information content (AvgIpc) is 2.08. The van der Waals surface area contributed by atoms with Crippen molar-refractivity contribution in [3.8, 4) is 0 Å². The molecule has 0 radical (unpaired) electrons. The standard InChI is InChI=1S/C9H17BrN2O/c1-6(11)9(13)12-8-4-2-7(10)3-5-8/h6-8H,2-5,11H2,1H3,(H,12,13). The summed E-state index contributed by atoms with van der Waals surface area (Å²) in [6.07, 6.45) is 4.41. The fourth-order valence-corrected chi connectivity index (χ4v) is 2.06. The maximum Gasteiger partial charge on any atom is 0.236 e. The summed E-state index contributed by atoms with van der Waals surface area (Å²) in [6, 6.07) is -0.0472. The molecule has 1 amide bonds. The highest BCUT2D eigenvalue weighted by Gasteiger charge is 2.21. The summed E-state index contributed by atoms with van der Waals surface area (Å²) in [4.78, 5) is 11.9. The molecule has 0 aromatic rings. The van der Waals surface area contributed by atoms with E-state index in [2.05, 4.69) is 21.2 Å². The van der Waals surface area contributed by atoms with Crippen LogP contribution in [0.25, 0.3) is 0 Å². The third-order valence-electron chi connectivity index (χ3n) is 2.42. The molecule has 4 heteroatoms. The minimum absolute atomic E-state index is 0.0296. The van der Waals surface area contributed by atoms with Crippen molar-refractivity contribution in [2.24, 2.45) is 5.73 Å². The van der Waals surface area contributed by atoms with Gasteiger partial charge in [-0.2, -0.15) is 0 Å². The van der Waals surface area contributed by atoms with Gasteiger partial charge in [0.05, 0.1) is 6.04 Å². The first-order valence-corrected chi connectivity index (χ1v) is 5.71. The van der Waals surface area contributed by atoms with E-state index in [1.165, 1.54) is 0 Å². The third-order valence-corrected chi connectivity index (χ3v) is 3.33. The van der Waals surface area contributed by atoms with E-state index in [9.17, 15) is 4.79 Å². The summed E-state index contributed by atoms with van der Waals surface area (Å²) in [7, 11) is 0. The summed E-state index contributed by atoms with van der Waals surface area (Å²) in [5.41, 5.74) is 5.46. The molecule has 0 aromatic heterocycles. The Balaban J connectivity index is 2.26. The molecule has 0 saturated heterocycles. The minimum Gasteiger partial charge on any atom is -0.352 e. The second-order valence-corrected chi connectivity index (χ2v) is 5.04. The highest BCUT2D eigenvalue weighted by molar-refractivity contribution is 9.09. The lowest BCUT2D eigenvalue weighted by atomic mass is 9.95. The van der Waals surface area contributed by atoms with Crippen molar-refractivity contribution in [3.05, 3.63) is 0 Å². The van der Waals surface area contributed by atoms with Gasteiger partial charge in [0.1, 0.15) is 0 Å². The number of carbonyl (C=O) groups excluding carboxylic acids is 1. The van der Waals surface area contributed by atoms with E-state index in [4.69, 9.17) is 5.73 Å². The molecule has 1 aliphatic rings. The van der Waals surface area contributed by atoms with Crippen LogP contribution in [0.15, 0.2) is 0 Å². The zero-order valence-electron chi connectivity index (χ0n) is 7.92. The SMILES string of the molecule is CC(N)C(=O)NC1CCC(Br)CC1. The van der Waals surface area contributed by atoms with Crippen LogP contribution in [0, 0.1) is 0 Å². The van der Waals surface area contributed by atoms with Crippen molar-refractivity contribution in [3.63, 3.8) is 0 Å². The number of nitrogens with two attached hydrogens (primary N) is 1. The van der Waals surface area contributed by atoms with E-state index in [0.717, 1.165) is 25.7 Å². The number of nitrogens with one attached hydrogen (secondary N) is 1. The number of hydrogen-bond acceptors (Lipinski definition) is 2. The lowest BCUT2D eigenvalue weighted by Gasteiger charge is -2.26. The molecule has 0 aliphatic heterocycles. The molecular formula is C9H17BrN2O. The highest BCUT2D eigenvalue weighted by atomic mass is 79.9. The van der Waals surface area contributed by atoms with Crippen LogP contribution in [0.4, 0.5) is 0 Å². The average molecular weight is 249 g/mol. The summed E-state index contributed by atoms with van der Waals surface area (Å²) < 4.78 is 0. The predicted molar refractivity (Wildman–Crippen MR) is 56.8 cm³/mol. The Morgan fingerprint density at radius 2 is 2.00 bits per heavy atom. The molecule has 13 heavy (non-hydrogen) atoms. The van der Waals surface area contributed by atoms with Crippen molar-refractivity contribution >= 4 is 21.8 Å². The first kappa shape index (κ1) is 11.0. The fourth-order valence-electron chi connectivity index (χ4n) is 1.53. The summed E-state index contributed by atoms with van der Waals surface area (Å²) in [5.74, 6) is -0.0296. The first-order chi connectivity index (χ1) is 6.09. The molecule has 1 atom stereocenters. The van der Waals surface area contributed by atoms with E-state index in [1.54, 1.807) is 6.92 Å². The van der Waals surface area contributed by atoms with Crippen LogP contribution in [-0.2, 0) is 4.79 Å². The molecular weight excluding hydrogens is 232 g/mol. The second-order valence-electron chi connectivity index (χ2n) is 3.75. The van der Waals surface area contributed by atoms with Crippen LogP contribution < -0.4 is 11.1 Å². The Morgan fingerprint density at radius 3 is 2.46 bits per heavy atom. The Labute approximate surface area is 87.6 Å². The molecule has 0 spiro atoms. The Bertz CT molecular complexity index is 176. The largest absolute Gasteiger partial charge is 0.352 e. The van der Waals surface area contributed by atoms with Gasteiger partial charge in [-0.3, -0.25) is 4.79 Å². The van der Waals surface area contributed by atoms with E-state index in [0.29, 0.717) is 10.9 Å². The topological polar surface area (TPSA) is 55.1 Å². The second kappa shape index (κ2) is 4.96. The van der Waals surface area contributed by atoms with E-state index in [-0.39, 0.29) is 11.9 Å². The molecule has 1 saturated carbocycles. The minimum atomic E-state index is -0.387. The van der Waals surface area contributed by atoms with Crippen molar-refractivity contribution in [1.82, 2.24) is 5.32 Å². The molecule has 0 aromatic carbocycles. The summed E-state index contributed by atoms with van der Waals surface area (Å²) in [5, 5.41) is 2.95. The molecule has 0 bridgehead atoms. The molecule has 1 aliphatic carbocycles. The number of carbonyl (C=O) groups is 1. The summed E-state index contributed by atoms with van der Waals surface area (Å²) in [6.45, 7) is 1.71. The van der Waals surface area contributed by atoms with Gasteiger partial charge in [-0.25, -0.2) is 0 Å². The van der Waals surface area contributed by atoms with E-state index < -0.39 is 0 Å². The number of amides is 1. The highest BCUT2D eigenvalue weighted by Crippen LogP contribution is 2.24. The zero-order valence-corrected chi connectivity index (χ0v) is 9.51. The van der Waals surface area contributed by atoms with Crippen LogP contribution in [0.1, 0.15) is 32.6 Å². The molecule has 76 valence electrons. The van der Waals surface area contributed by atoms with Crippen LogP contribution in [-0.4, -0.2) is 22.8 Å². The smallest absolute Gasteiger partial charge is 0.236 e. The van der Waals surface area contributed by atoms with Gasteiger partial charge in [-0.05, 0) is 32.6 Å². The van der Waals surface area contributed by atoms with Crippen molar-refractivity contribution in [1.29, 1.82) is 0 Å². The van der Waals surface area contributed by atoms with Crippen LogP contribution in [0.3, 0.4) is 0 Å². The van der Waals surface area contributed by atoms with Crippen LogP contribution in [0.2, 0.25) is 0 Å². The Morgan fingerprint density at radius 1 is 1.46 bits per heavy atom. The van der Waals surface area contributed by atoms with Gasteiger partial charge >= 0.3 is 0 Å². The van der Waals surface area contributed by atoms with Crippen molar-refractivity contribution in [2.45, 2.75) is 49.5 Å². The van der Waals surface area contributed by atoms with Gasteiger partial charge in [0.15, 0.2) is 0 Å². The third kappa shape index (κ3) is 3.65. The first-order valence-electron chi connectivity index (χ1n) is 4.79. The Kier molecular flexibility index (Phi) is 4.19. The lowest BCUT2D eigenvalue weighted by Crippen LogP contribution is -2.45. The van der Waals surface area contributed by atoms with Crippen LogP contribution >= 0.6 is 15.9 Å². The molecule has 1 rings (SSSR count). The van der Waals surface area contributed by atoms with Gasteiger partial charge in [0.25, 0.3) is 0 Å².